The molecule has 21 heavy (non-hydrogen) atoms. The lowest BCUT2D eigenvalue weighted by Gasteiger charge is -2.24. The highest BCUT2D eigenvalue weighted by molar-refractivity contribution is 5.29. The molecule has 0 aliphatic rings. The van der Waals surface area contributed by atoms with Crippen LogP contribution in [0.25, 0.3) is 0 Å². The first kappa shape index (κ1) is 17.9. The zero-order valence-electron chi connectivity index (χ0n) is 12.3. The summed E-state index contributed by atoms with van der Waals surface area (Å²) in [4.78, 5) is 1.10. The van der Waals surface area contributed by atoms with Gasteiger partial charge in [0.2, 0.25) is 0 Å². The first-order chi connectivity index (χ1) is 9.71. The summed E-state index contributed by atoms with van der Waals surface area (Å²) in [5.41, 5.74) is 2.72. The third-order valence-corrected chi connectivity index (χ3v) is 3.17. The highest BCUT2D eigenvalue weighted by Gasteiger charge is 2.30. The lowest BCUT2D eigenvalue weighted by Crippen LogP contribution is -2.37. The Morgan fingerprint density at radius 1 is 1.10 bits per heavy atom. The normalized spacial score (nSPS) is 13.7. The second-order valence-electron chi connectivity index (χ2n) is 5.34. The molecule has 0 saturated carbocycles. The van der Waals surface area contributed by atoms with Crippen LogP contribution in [-0.2, 0) is 0 Å². The molecule has 0 amide bonds. The van der Waals surface area contributed by atoms with Gasteiger partial charge in [0, 0.05) is 13.1 Å². The molecule has 1 atom stereocenters. The van der Waals surface area contributed by atoms with E-state index in [0.29, 0.717) is 5.56 Å². The van der Waals surface area contributed by atoms with Crippen LogP contribution in [-0.4, -0.2) is 47.5 Å². The fourth-order valence-corrected chi connectivity index (χ4v) is 2.34. The molecule has 1 rings (SSSR count). The van der Waals surface area contributed by atoms with Crippen molar-refractivity contribution in [3.05, 3.63) is 34.9 Å². The summed E-state index contributed by atoms with van der Waals surface area (Å²) in [6.45, 7) is 2.42. The average molecular weight is 305 g/mol. The number of halogens is 3. The van der Waals surface area contributed by atoms with Crippen LogP contribution < -0.4 is 0 Å². The third-order valence-electron chi connectivity index (χ3n) is 3.17. The molecule has 0 radical (unpaired) electrons. The molecule has 0 heterocycles. The molecule has 0 saturated heterocycles. The van der Waals surface area contributed by atoms with E-state index in [9.17, 15) is 18.3 Å². The van der Waals surface area contributed by atoms with Crippen molar-refractivity contribution in [3.8, 4) is 0 Å². The van der Waals surface area contributed by atoms with E-state index in [1.165, 1.54) is 0 Å². The molecule has 0 aromatic heterocycles. The lowest BCUT2D eigenvalue weighted by molar-refractivity contribution is -0.147. The molecule has 0 aliphatic carbocycles. The van der Waals surface area contributed by atoms with Crippen molar-refractivity contribution < 1.29 is 23.4 Å². The largest absolute Gasteiger partial charge is 0.401 e. The van der Waals surface area contributed by atoms with Crippen molar-refractivity contribution in [1.82, 2.24) is 4.90 Å². The van der Waals surface area contributed by atoms with Crippen LogP contribution >= 0.6 is 0 Å². The molecule has 1 aromatic rings. The van der Waals surface area contributed by atoms with Crippen LogP contribution in [0.15, 0.2) is 18.2 Å². The number of hydrogen-bond donors (Lipinski definition) is 2. The zero-order chi connectivity index (χ0) is 16.0. The average Bonchev–Trinajstić information content (AvgIpc) is 2.33. The molecule has 0 fully saturated rings. The Morgan fingerprint density at radius 3 is 2.14 bits per heavy atom. The Balaban J connectivity index is 2.61. The van der Waals surface area contributed by atoms with Gasteiger partial charge in [0.25, 0.3) is 0 Å². The molecular formula is C15H22F3NO2. The monoisotopic (exact) mass is 305 g/mol. The van der Waals surface area contributed by atoms with Gasteiger partial charge in [-0.2, -0.15) is 13.2 Å². The minimum absolute atomic E-state index is 0.0565. The van der Waals surface area contributed by atoms with Crippen molar-refractivity contribution in [2.75, 3.05) is 26.2 Å². The standard InChI is InChI=1S/C15H22F3NO2/c1-11-7-12(2)9-13(8-11)14(21)3-4-19(5-6-20)10-15(16,17)18/h7-9,14,20-21H,3-6,10H2,1-2H3. The van der Waals surface area contributed by atoms with Crippen molar-refractivity contribution in [2.24, 2.45) is 0 Å². The Morgan fingerprint density at radius 2 is 1.67 bits per heavy atom. The summed E-state index contributed by atoms with van der Waals surface area (Å²) in [5.74, 6) is 0. The first-order valence-electron chi connectivity index (χ1n) is 6.87. The van der Waals surface area contributed by atoms with Crippen molar-refractivity contribution in [3.63, 3.8) is 0 Å². The van der Waals surface area contributed by atoms with Gasteiger partial charge in [-0.05, 0) is 25.8 Å². The Hall–Kier alpha value is -1.11. The summed E-state index contributed by atoms with van der Waals surface area (Å²) in [5, 5.41) is 18.9. The van der Waals surface area contributed by atoms with E-state index in [4.69, 9.17) is 5.11 Å². The fraction of sp³-hybridized carbons (Fsp3) is 0.600. The molecule has 0 bridgehead atoms. The quantitative estimate of drug-likeness (QED) is 0.814. The number of aryl methyl sites for hydroxylation is 2. The molecular weight excluding hydrogens is 283 g/mol. The van der Waals surface area contributed by atoms with E-state index in [1.807, 2.05) is 32.0 Å². The second-order valence-corrected chi connectivity index (χ2v) is 5.34. The van der Waals surface area contributed by atoms with E-state index in [1.54, 1.807) is 0 Å². The molecule has 3 nitrogen and oxygen atoms in total. The number of nitrogens with zero attached hydrogens (tertiary/aromatic N) is 1. The molecule has 120 valence electrons. The van der Waals surface area contributed by atoms with Gasteiger partial charge < -0.3 is 10.2 Å². The van der Waals surface area contributed by atoms with Crippen LogP contribution in [0.3, 0.4) is 0 Å². The fourth-order valence-electron chi connectivity index (χ4n) is 2.34. The number of aliphatic hydroxyl groups excluding tert-OH is 2. The molecule has 0 aliphatic heterocycles. The highest BCUT2D eigenvalue weighted by atomic mass is 19.4. The number of hydrogen-bond acceptors (Lipinski definition) is 3. The van der Waals surface area contributed by atoms with Crippen LogP contribution in [0.4, 0.5) is 13.2 Å². The number of benzene rings is 1. The maximum Gasteiger partial charge on any atom is 0.401 e. The topological polar surface area (TPSA) is 43.7 Å². The number of alkyl halides is 3. The summed E-state index contributed by atoms with van der Waals surface area (Å²) in [7, 11) is 0. The number of aliphatic hydroxyl groups is 2. The van der Waals surface area contributed by atoms with E-state index >= 15 is 0 Å². The predicted molar refractivity (Wildman–Crippen MR) is 75.1 cm³/mol. The molecule has 1 aromatic carbocycles. The van der Waals surface area contributed by atoms with Crippen molar-refractivity contribution >= 4 is 0 Å². The predicted octanol–water partition coefficient (Wildman–Crippen LogP) is 2.58. The SMILES string of the molecule is Cc1cc(C)cc(C(O)CCN(CCO)CC(F)(F)F)c1. The third kappa shape index (κ3) is 6.93. The summed E-state index contributed by atoms with van der Waals surface area (Å²) < 4.78 is 37.2. The smallest absolute Gasteiger partial charge is 0.395 e. The van der Waals surface area contributed by atoms with Crippen LogP contribution in [0.2, 0.25) is 0 Å². The van der Waals surface area contributed by atoms with E-state index in [0.717, 1.165) is 16.0 Å². The maximum absolute atomic E-state index is 12.4. The number of rotatable bonds is 7. The molecule has 2 N–H and O–H groups in total. The Labute approximate surface area is 123 Å². The van der Waals surface area contributed by atoms with Gasteiger partial charge in [-0.25, -0.2) is 0 Å². The molecule has 6 heteroatoms. The van der Waals surface area contributed by atoms with Gasteiger partial charge in [0.05, 0.1) is 19.3 Å². The first-order valence-corrected chi connectivity index (χ1v) is 6.87. The van der Waals surface area contributed by atoms with Gasteiger partial charge in [0.15, 0.2) is 0 Å². The van der Waals surface area contributed by atoms with Crippen molar-refractivity contribution in [2.45, 2.75) is 32.5 Å². The lowest BCUT2D eigenvalue weighted by atomic mass is 10.0. The van der Waals surface area contributed by atoms with Gasteiger partial charge in [-0.3, -0.25) is 4.90 Å². The van der Waals surface area contributed by atoms with Crippen molar-refractivity contribution in [1.29, 1.82) is 0 Å². The maximum atomic E-state index is 12.4. The molecule has 1 unspecified atom stereocenters. The molecule has 0 spiro atoms. The van der Waals surface area contributed by atoms with Crippen LogP contribution in [0.5, 0.6) is 0 Å². The van der Waals surface area contributed by atoms with Gasteiger partial charge in [-0.15, -0.1) is 0 Å². The second kappa shape index (κ2) is 7.77. The van der Waals surface area contributed by atoms with Gasteiger partial charge >= 0.3 is 6.18 Å². The van der Waals surface area contributed by atoms with E-state index in [2.05, 4.69) is 0 Å². The summed E-state index contributed by atoms with van der Waals surface area (Å²) in [6.07, 6.45) is -4.92. The Bertz CT molecular complexity index is 429. The van der Waals surface area contributed by atoms with E-state index in [-0.39, 0.29) is 26.1 Å². The minimum atomic E-state index is -4.31. The van der Waals surface area contributed by atoms with Crippen LogP contribution in [0, 0.1) is 13.8 Å². The summed E-state index contributed by atoms with van der Waals surface area (Å²) in [6, 6.07) is 5.63. The van der Waals surface area contributed by atoms with Gasteiger partial charge in [0.1, 0.15) is 0 Å². The van der Waals surface area contributed by atoms with Crippen LogP contribution in [0.1, 0.15) is 29.2 Å². The zero-order valence-corrected chi connectivity index (χ0v) is 12.3. The van der Waals surface area contributed by atoms with Gasteiger partial charge in [-0.1, -0.05) is 29.3 Å². The Kier molecular flexibility index (Phi) is 6.64. The minimum Gasteiger partial charge on any atom is -0.395 e. The van der Waals surface area contributed by atoms with E-state index < -0.39 is 18.8 Å². The highest BCUT2D eigenvalue weighted by Crippen LogP contribution is 2.21. The summed E-state index contributed by atoms with van der Waals surface area (Å²) >= 11 is 0.